The Labute approximate surface area is 111 Å². The van der Waals surface area contributed by atoms with Gasteiger partial charge in [-0.1, -0.05) is 0 Å². The van der Waals surface area contributed by atoms with Gasteiger partial charge in [0.15, 0.2) is 0 Å². The number of nitrogens with zero attached hydrogens (tertiary/aromatic N) is 1. The van der Waals surface area contributed by atoms with E-state index in [0.717, 1.165) is 11.4 Å². The van der Waals surface area contributed by atoms with Crippen LogP contribution in [0.3, 0.4) is 0 Å². The van der Waals surface area contributed by atoms with E-state index in [9.17, 15) is 4.91 Å². The average Bonchev–Trinajstić information content (AvgIpc) is 2.48. The largest absolute Gasteiger partial charge is 0.497 e. The van der Waals surface area contributed by atoms with Gasteiger partial charge in [0.25, 0.3) is 0 Å². The van der Waals surface area contributed by atoms with Crippen molar-refractivity contribution in [2.24, 2.45) is 5.18 Å². The van der Waals surface area contributed by atoms with E-state index < -0.39 is 0 Å². The number of hydrogen-bond acceptors (Lipinski definition) is 5. The normalized spacial score (nSPS) is 9.79. The minimum atomic E-state index is 0.301. The Morgan fingerprint density at radius 2 is 1.58 bits per heavy atom. The zero-order valence-corrected chi connectivity index (χ0v) is 10.7. The predicted molar refractivity (Wildman–Crippen MR) is 74.7 cm³/mol. The summed E-state index contributed by atoms with van der Waals surface area (Å²) >= 11 is 0. The Balaban J connectivity index is 2.24. The van der Waals surface area contributed by atoms with Crippen molar-refractivity contribution in [1.29, 1.82) is 0 Å². The highest BCUT2D eigenvalue weighted by atomic mass is 16.5. The third-order valence-corrected chi connectivity index (χ3v) is 2.67. The van der Waals surface area contributed by atoms with E-state index in [2.05, 4.69) is 10.5 Å². The van der Waals surface area contributed by atoms with Crippen molar-refractivity contribution in [3.05, 3.63) is 47.4 Å². The molecular weight excluding hydrogens is 244 g/mol. The van der Waals surface area contributed by atoms with Crippen LogP contribution in [0.1, 0.15) is 0 Å². The van der Waals surface area contributed by atoms with Crippen LogP contribution in [0, 0.1) is 4.91 Å². The number of benzene rings is 2. The first-order chi connectivity index (χ1) is 9.26. The Hall–Kier alpha value is -2.56. The maximum Gasteiger partial charge on any atom is 0.135 e. The first-order valence-electron chi connectivity index (χ1n) is 5.69. The quantitative estimate of drug-likeness (QED) is 0.827. The molecule has 0 aliphatic carbocycles. The second-order valence-corrected chi connectivity index (χ2v) is 3.83. The molecule has 5 heteroatoms. The lowest BCUT2D eigenvalue weighted by Crippen LogP contribution is -1.92. The summed E-state index contributed by atoms with van der Waals surface area (Å²) < 4.78 is 10.1. The van der Waals surface area contributed by atoms with E-state index in [0.29, 0.717) is 17.1 Å². The fourth-order valence-electron chi connectivity index (χ4n) is 1.65. The third kappa shape index (κ3) is 3.01. The molecule has 2 aromatic carbocycles. The lowest BCUT2D eigenvalue weighted by Gasteiger charge is -2.09. The van der Waals surface area contributed by atoms with E-state index in [1.54, 1.807) is 32.4 Å². The van der Waals surface area contributed by atoms with Gasteiger partial charge in [-0.15, -0.1) is 4.91 Å². The number of hydrogen-bond donors (Lipinski definition) is 1. The minimum Gasteiger partial charge on any atom is -0.497 e. The Bertz CT molecular complexity index is 567. The van der Waals surface area contributed by atoms with Gasteiger partial charge in [0.1, 0.15) is 17.2 Å². The van der Waals surface area contributed by atoms with Crippen molar-refractivity contribution in [3.8, 4) is 11.5 Å². The maximum absolute atomic E-state index is 10.8. The predicted octanol–water partition coefficient (Wildman–Crippen LogP) is 3.85. The first kappa shape index (κ1) is 12.9. The summed E-state index contributed by atoms with van der Waals surface area (Å²) in [4.78, 5) is 10.8. The lowest BCUT2D eigenvalue weighted by molar-refractivity contribution is 0.415. The van der Waals surface area contributed by atoms with Crippen molar-refractivity contribution < 1.29 is 9.47 Å². The van der Waals surface area contributed by atoms with E-state index in [-0.39, 0.29) is 0 Å². The van der Waals surface area contributed by atoms with E-state index in [4.69, 9.17) is 9.47 Å². The molecule has 0 unspecified atom stereocenters. The van der Waals surface area contributed by atoms with Gasteiger partial charge in [0.2, 0.25) is 0 Å². The van der Waals surface area contributed by atoms with Crippen molar-refractivity contribution >= 4 is 17.1 Å². The van der Waals surface area contributed by atoms with Gasteiger partial charge in [-0.2, -0.15) is 0 Å². The van der Waals surface area contributed by atoms with Crippen LogP contribution < -0.4 is 14.8 Å². The number of rotatable bonds is 5. The highest BCUT2D eigenvalue weighted by molar-refractivity contribution is 5.73. The van der Waals surface area contributed by atoms with Crippen LogP contribution in [-0.2, 0) is 0 Å². The number of nitroso groups, excluding NO2 is 1. The van der Waals surface area contributed by atoms with Crippen molar-refractivity contribution in [2.75, 3.05) is 19.5 Å². The molecule has 0 amide bonds. The summed E-state index contributed by atoms with van der Waals surface area (Å²) in [7, 11) is 3.15. The molecule has 1 N–H and O–H groups in total. The Kier molecular flexibility index (Phi) is 3.97. The van der Waals surface area contributed by atoms with Crippen LogP contribution in [0.2, 0.25) is 0 Å². The van der Waals surface area contributed by atoms with Crippen LogP contribution in [0.4, 0.5) is 17.1 Å². The molecule has 0 atom stereocenters. The van der Waals surface area contributed by atoms with Gasteiger partial charge in [0.05, 0.1) is 19.9 Å². The molecule has 0 aliphatic heterocycles. The summed E-state index contributed by atoms with van der Waals surface area (Å²) in [5, 5.41) is 6.11. The van der Waals surface area contributed by atoms with E-state index in [1.165, 1.54) is 0 Å². The monoisotopic (exact) mass is 258 g/mol. The highest BCUT2D eigenvalue weighted by Gasteiger charge is 2.05. The molecule has 0 spiro atoms. The smallest absolute Gasteiger partial charge is 0.135 e. The van der Waals surface area contributed by atoms with Crippen molar-refractivity contribution in [3.63, 3.8) is 0 Å². The van der Waals surface area contributed by atoms with Gasteiger partial charge in [-0.05, 0) is 41.6 Å². The highest BCUT2D eigenvalue weighted by Crippen LogP contribution is 2.32. The molecule has 0 aromatic heterocycles. The summed E-state index contributed by atoms with van der Waals surface area (Å²) in [6, 6.07) is 12.5. The van der Waals surface area contributed by atoms with Crippen LogP contribution in [-0.4, -0.2) is 14.2 Å². The van der Waals surface area contributed by atoms with Gasteiger partial charge >= 0.3 is 0 Å². The zero-order chi connectivity index (χ0) is 13.7. The van der Waals surface area contributed by atoms with E-state index >= 15 is 0 Å². The molecule has 0 saturated carbocycles. The lowest BCUT2D eigenvalue weighted by atomic mass is 10.2. The average molecular weight is 258 g/mol. The molecule has 19 heavy (non-hydrogen) atoms. The maximum atomic E-state index is 10.8. The second kappa shape index (κ2) is 5.86. The van der Waals surface area contributed by atoms with Crippen LogP contribution in [0.15, 0.2) is 47.6 Å². The van der Waals surface area contributed by atoms with Crippen molar-refractivity contribution in [2.45, 2.75) is 0 Å². The van der Waals surface area contributed by atoms with Crippen LogP contribution in [0.5, 0.6) is 11.5 Å². The van der Waals surface area contributed by atoms with Crippen LogP contribution in [0.25, 0.3) is 0 Å². The fraction of sp³-hybridized carbons (Fsp3) is 0.143. The van der Waals surface area contributed by atoms with Crippen molar-refractivity contribution in [1.82, 2.24) is 0 Å². The second-order valence-electron chi connectivity index (χ2n) is 3.83. The molecule has 0 fully saturated rings. The fourth-order valence-corrected chi connectivity index (χ4v) is 1.65. The number of ether oxygens (including phenoxy) is 2. The minimum absolute atomic E-state index is 0.301. The summed E-state index contributed by atoms with van der Waals surface area (Å²) in [5.74, 6) is 1.36. The summed E-state index contributed by atoms with van der Waals surface area (Å²) in [6.45, 7) is 0. The third-order valence-electron chi connectivity index (χ3n) is 2.67. The molecule has 2 aromatic rings. The van der Waals surface area contributed by atoms with Gasteiger partial charge in [-0.3, -0.25) is 0 Å². The number of anilines is 2. The van der Waals surface area contributed by atoms with Gasteiger partial charge in [0, 0.05) is 11.8 Å². The Morgan fingerprint density at radius 3 is 2.16 bits per heavy atom. The SMILES string of the molecule is COc1ccc(Nc2ccc(OC)cc2N=O)cc1. The topological polar surface area (TPSA) is 59.9 Å². The number of nitrogens with one attached hydrogen (secondary N) is 1. The molecule has 98 valence electrons. The van der Waals surface area contributed by atoms with Crippen LogP contribution >= 0.6 is 0 Å². The molecule has 0 bridgehead atoms. The number of methoxy groups -OCH3 is 2. The standard InChI is InChI=1S/C14H14N2O3/c1-18-11-5-3-10(4-6-11)15-13-8-7-12(19-2)9-14(13)16-17/h3-9,15H,1-2H3. The van der Waals surface area contributed by atoms with Gasteiger partial charge < -0.3 is 14.8 Å². The Morgan fingerprint density at radius 1 is 0.947 bits per heavy atom. The first-order valence-corrected chi connectivity index (χ1v) is 5.69. The van der Waals surface area contributed by atoms with E-state index in [1.807, 2.05) is 24.3 Å². The molecule has 5 nitrogen and oxygen atoms in total. The molecule has 0 aliphatic rings. The summed E-state index contributed by atoms with van der Waals surface area (Å²) in [6.07, 6.45) is 0. The molecule has 0 heterocycles. The van der Waals surface area contributed by atoms with Gasteiger partial charge in [-0.25, -0.2) is 0 Å². The molecular formula is C14H14N2O3. The molecule has 0 radical (unpaired) electrons. The summed E-state index contributed by atoms with van der Waals surface area (Å²) in [5.41, 5.74) is 1.77. The molecule has 0 saturated heterocycles. The molecule has 2 rings (SSSR count). The zero-order valence-electron chi connectivity index (χ0n) is 10.7.